The van der Waals surface area contributed by atoms with Crippen LogP contribution in [0.25, 0.3) is 0 Å². The lowest BCUT2D eigenvalue weighted by molar-refractivity contribution is 0.0969. The molecule has 104 valence electrons. The minimum absolute atomic E-state index is 0.0635. The Hall–Kier alpha value is -0.930. The van der Waals surface area contributed by atoms with Gasteiger partial charge in [0.1, 0.15) is 5.69 Å². The molecule has 1 aliphatic heterocycles. The summed E-state index contributed by atoms with van der Waals surface area (Å²) in [5, 5.41) is 0.461. The van der Waals surface area contributed by atoms with Gasteiger partial charge in [-0.2, -0.15) is 0 Å². The van der Waals surface area contributed by atoms with Crippen LogP contribution in [0, 0.1) is 5.92 Å². The average Bonchev–Trinajstić information content (AvgIpc) is 2.85. The van der Waals surface area contributed by atoms with Gasteiger partial charge in [0, 0.05) is 25.2 Å². The average molecular weight is 281 g/mol. The summed E-state index contributed by atoms with van der Waals surface area (Å²) in [7, 11) is 0. The predicted molar refractivity (Wildman–Crippen MR) is 77.6 cm³/mol. The number of Topliss-reactive ketones (excluding diaryl/α,β-unsaturated/α-hetero) is 1. The van der Waals surface area contributed by atoms with Crippen molar-refractivity contribution in [1.82, 2.24) is 9.88 Å². The zero-order valence-corrected chi connectivity index (χ0v) is 12.4. The van der Waals surface area contributed by atoms with Crippen LogP contribution in [0.5, 0.6) is 0 Å². The fourth-order valence-corrected chi connectivity index (χ4v) is 2.84. The molecule has 0 saturated carbocycles. The first-order chi connectivity index (χ1) is 9.08. The zero-order chi connectivity index (χ0) is 13.8. The second kappa shape index (κ2) is 6.49. The number of hydrogen-bond donors (Lipinski definition) is 0. The molecule has 1 fully saturated rings. The molecular weight excluding hydrogens is 260 g/mol. The molecule has 1 unspecified atom stereocenters. The van der Waals surface area contributed by atoms with Crippen LogP contribution in [0.2, 0.25) is 5.02 Å². The highest BCUT2D eigenvalue weighted by atomic mass is 35.5. The molecule has 0 aliphatic carbocycles. The molecule has 0 spiro atoms. The van der Waals surface area contributed by atoms with E-state index in [9.17, 15) is 4.79 Å². The molecule has 19 heavy (non-hydrogen) atoms. The van der Waals surface area contributed by atoms with Crippen LogP contribution >= 0.6 is 11.6 Å². The van der Waals surface area contributed by atoms with Crippen molar-refractivity contribution in [2.75, 3.05) is 13.1 Å². The Labute approximate surface area is 120 Å². The van der Waals surface area contributed by atoms with Crippen LogP contribution in [0.4, 0.5) is 0 Å². The number of pyridine rings is 1. The smallest absolute Gasteiger partial charge is 0.182 e. The van der Waals surface area contributed by atoms with Gasteiger partial charge in [-0.25, -0.2) is 0 Å². The minimum Gasteiger partial charge on any atom is -0.301 e. The van der Waals surface area contributed by atoms with Crippen LogP contribution in [0.15, 0.2) is 18.3 Å². The summed E-state index contributed by atoms with van der Waals surface area (Å²) in [6, 6.07) is 4.07. The lowest BCUT2D eigenvalue weighted by atomic mass is 10.00. The van der Waals surface area contributed by atoms with Crippen molar-refractivity contribution in [3.8, 4) is 0 Å². The highest BCUT2D eigenvalue weighted by molar-refractivity contribution is 6.33. The maximum atomic E-state index is 12.1. The SMILES string of the molecule is CC(C)N1CCC(CCC(=O)c2ncccc2Cl)C1. The minimum atomic E-state index is 0.0635. The number of hydrogen-bond acceptors (Lipinski definition) is 3. The zero-order valence-electron chi connectivity index (χ0n) is 11.6. The van der Waals surface area contributed by atoms with Gasteiger partial charge in [0.2, 0.25) is 0 Å². The van der Waals surface area contributed by atoms with E-state index in [1.807, 2.05) is 0 Å². The number of carbonyl (C=O) groups is 1. The molecule has 0 N–H and O–H groups in total. The Kier molecular flexibility index (Phi) is 4.94. The number of halogens is 1. The van der Waals surface area contributed by atoms with E-state index in [1.54, 1.807) is 18.3 Å². The molecule has 1 aromatic rings. The summed E-state index contributed by atoms with van der Waals surface area (Å²) in [4.78, 5) is 18.6. The number of ketones is 1. The number of nitrogens with zero attached hydrogens (tertiary/aromatic N) is 2. The summed E-state index contributed by atoms with van der Waals surface area (Å²) in [6.45, 7) is 6.71. The highest BCUT2D eigenvalue weighted by Crippen LogP contribution is 2.24. The number of rotatable bonds is 5. The largest absolute Gasteiger partial charge is 0.301 e. The molecule has 2 heterocycles. The fraction of sp³-hybridized carbons (Fsp3) is 0.600. The molecule has 2 rings (SSSR count). The molecule has 3 nitrogen and oxygen atoms in total. The molecule has 0 radical (unpaired) electrons. The van der Waals surface area contributed by atoms with Crippen LogP contribution in [0.3, 0.4) is 0 Å². The van der Waals surface area contributed by atoms with E-state index in [4.69, 9.17) is 11.6 Å². The normalized spacial score (nSPS) is 20.1. The highest BCUT2D eigenvalue weighted by Gasteiger charge is 2.25. The Bertz CT molecular complexity index is 448. The van der Waals surface area contributed by atoms with Crippen molar-refractivity contribution in [3.63, 3.8) is 0 Å². The summed E-state index contributed by atoms with van der Waals surface area (Å²) >= 11 is 5.99. The Balaban J connectivity index is 1.84. The third-order valence-corrected chi connectivity index (χ3v) is 4.15. The Morgan fingerprint density at radius 3 is 3.00 bits per heavy atom. The first kappa shape index (κ1) is 14.5. The maximum Gasteiger partial charge on any atom is 0.182 e. The van der Waals surface area contributed by atoms with Crippen LogP contribution in [-0.4, -0.2) is 34.8 Å². The molecular formula is C15H21ClN2O. The van der Waals surface area contributed by atoms with E-state index < -0.39 is 0 Å². The van der Waals surface area contributed by atoms with Crippen molar-refractivity contribution in [2.24, 2.45) is 5.92 Å². The van der Waals surface area contributed by atoms with E-state index >= 15 is 0 Å². The van der Waals surface area contributed by atoms with Crippen molar-refractivity contribution < 1.29 is 4.79 Å². The van der Waals surface area contributed by atoms with Gasteiger partial charge < -0.3 is 4.90 Å². The third-order valence-electron chi connectivity index (χ3n) is 3.85. The number of aromatic nitrogens is 1. The van der Waals surface area contributed by atoms with Crippen molar-refractivity contribution >= 4 is 17.4 Å². The van der Waals surface area contributed by atoms with Gasteiger partial charge in [0.15, 0.2) is 5.78 Å². The Morgan fingerprint density at radius 2 is 2.37 bits per heavy atom. The molecule has 1 aliphatic rings. The molecule has 0 amide bonds. The lowest BCUT2D eigenvalue weighted by Gasteiger charge is -2.20. The Morgan fingerprint density at radius 1 is 1.58 bits per heavy atom. The fourth-order valence-electron chi connectivity index (χ4n) is 2.61. The van der Waals surface area contributed by atoms with Gasteiger partial charge in [-0.15, -0.1) is 0 Å². The maximum absolute atomic E-state index is 12.1. The summed E-state index contributed by atoms with van der Waals surface area (Å²) < 4.78 is 0. The standard InChI is InChI=1S/C15H21ClN2O/c1-11(2)18-9-7-12(10-18)5-6-14(19)15-13(16)4-3-8-17-15/h3-4,8,11-12H,5-7,9-10H2,1-2H3. The van der Waals surface area contributed by atoms with Crippen LogP contribution in [-0.2, 0) is 0 Å². The van der Waals surface area contributed by atoms with Crippen molar-refractivity contribution in [2.45, 2.75) is 39.2 Å². The van der Waals surface area contributed by atoms with Gasteiger partial charge >= 0.3 is 0 Å². The number of carbonyl (C=O) groups excluding carboxylic acids is 1. The molecule has 1 aromatic heterocycles. The summed E-state index contributed by atoms with van der Waals surface area (Å²) in [5.41, 5.74) is 0.419. The molecule has 4 heteroatoms. The second-order valence-electron chi connectivity index (χ2n) is 5.54. The van der Waals surface area contributed by atoms with Crippen molar-refractivity contribution in [1.29, 1.82) is 0 Å². The lowest BCUT2D eigenvalue weighted by Crippen LogP contribution is -2.28. The van der Waals surface area contributed by atoms with E-state index in [1.165, 1.54) is 6.42 Å². The van der Waals surface area contributed by atoms with Crippen LogP contribution in [0.1, 0.15) is 43.6 Å². The van der Waals surface area contributed by atoms with Gasteiger partial charge in [-0.3, -0.25) is 9.78 Å². The first-order valence-corrected chi connectivity index (χ1v) is 7.33. The van der Waals surface area contributed by atoms with E-state index in [2.05, 4.69) is 23.7 Å². The predicted octanol–water partition coefficient (Wildman–Crippen LogP) is 3.43. The summed E-state index contributed by atoms with van der Waals surface area (Å²) in [5.74, 6) is 0.697. The van der Waals surface area contributed by atoms with E-state index in [0.29, 0.717) is 29.1 Å². The van der Waals surface area contributed by atoms with E-state index in [-0.39, 0.29) is 5.78 Å². The number of likely N-dealkylation sites (tertiary alicyclic amines) is 1. The molecule has 1 saturated heterocycles. The second-order valence-corrected chi connectivity index (χ2v) is 5.95. The molecule has 0 bridgehead atoms. The third kappa shape index (κ3) is 3.77. The topological polar surface area (TPSA) is 33.2 Å². The van der Waals surface area contributed by atoms with E-state index in [0.717, 1.165) is 19.5 Å². The molecule has 0 aromatic carbocycles. The molecule has 1 atom stereocenters. The van der Waals surface area contributed by atoms with Gasteiger partial charge in [-0.05, 0) is 51.3 Å². The van der Waals surface area contributed by atoms with Crippen molar-refractivity contribution in [3.05, 3.63) is 29.0 Å². The van der Waals surface area contributed by atoms with Gasteiger partial charge in [0.25, 0.3) is 0 Å². The van der Waals surface area contributed by atoms with Gasteiger partial charge in [-0.1, -0.05) is 11.6 Å². The quantitative estimate of drug-likeness (QED) is 0.775. The monoisotopic (exact) mass is 280 g/mol. The first-order valence-electron chi connectivity index (χ1n) is 6.95. The summed E-state index contributed by atoms with van der Waals surface area (Å²) in [6.07, 6.45) is 4.30. The van der Waals surface area contributed by atoms with Crippen LogP contribution < -0.4 is 0 Å². The van der Waals surface area contributed by atoms with Gasteiger partial charge in [0.05, 0.1) is 5.02 Å².